The minimum atomic E-state index is 0.478. The maximum absolute atomic E-state index is 4.75. The monoisotopic (exact) mass is 465 g/mol. The van der Waals surface area contributed by atoms with Gasteiger partial charge < -0.3 is 24.5 Å². The zero-order chi connectivity index (χ0) is 24.8. The molecule has 3 aromatic rings. The summed E-state index contributed by atoms with van der Waals surface area (Å²) >= 11 is 0. The van der Waals surface area contributed by atoms with Crippen molar-refractivity contribution in [3.63, 3.8) is 0 Å². The molecule has 182 valence electrons. The summed E-state index contributed by atoms with van der Waals surface area (Å²) in [4.78, 5) is 37.9. The quantitative estimate of drug-likeness (QED) is 0.411. The van der Waals surface area contributed by atoms with Crippen molar-refractivity contribution < 1.29 is 0 Å². The Morgan fingerprint density at radius 1 is 0.618 bits per heavy atom. The van der Waals surface area contributed by atoms with Gasteiger partial charge in [0.15, 0.2) is 5.82 Å². The molecule has 0 saturated carbocycles. The van der Waals surface area contributed by atoms with Crippen molar-refractivity contribution in [2.24, 2.45) is 0 Å². The first-order valence-electron chi connectivity index (χ1n) is 11.2. The summed E-state index contributed by atoms with van der Waals surface area (Å²) in [7, 11) is 13.7. The van der Waals surface area contributed by atoms with Crippen LogP contribution in [-0.4, -0.2) is 97.4 Å². The highest BCUT2D eigenvalue weighted by Gasteiger charge is 2.18. The summed E-state index contributed by atoms with van der Waals surface area (Å²) in [6, 6.07) is 9.94. The van der Waals surface area contributed by atoms with Gasteiger partial charge in [-0.2, -0.15) is 29.9 Å². The summed E-state index contributed by atoms with van der Waals surface area (Å²) in [5, 5.41) is 0. The van der Waals surface area contributed by atoms with Gasteiger partial charge in [-0.3, -0.25) is 0 Å². The number of benzene rings is 1. The molecule has 0 aliphatic carbocycles. The first-order chi connectivity index (χ1) is 16.2. The van der Waals surface area contributed by atoms with E-state index in [2.05, 4.69) is 26.9 Å². The second-order valence-electron chi connectivity index (χ2n) is 8.66. The maximum Gasteiger partial charge on any atom is 0.231 e. The first kappa shape index (κ1) is 25.0. The Balaban J connectivity index is 1.91. The van der Waals surface area contributed by atoms with Crippen LogP contribution in [0.1, 0.15) is 12.7 Å². The molecular weight excluding hydrogens is 430 g/mol. The van der Waals surface area contributed by atoms with Crippen molar-refractivity contribution in [2.75, 3.05) is 82.1 Å². The molecule has 3 rings (SSSR count). The SMILES string of the molecule is CCN(C)c1nc(-c2ccccc2)nc(N(C)CN(C)c2nc(CN(C)C)nc(N(C)C)n2)n1. The molecule has 0 saturated heterocycles. The van der Waals surface area contributed by atoms with Crippen LogP contribution in [0.2, 0.25) is 0 Å². The Kier molecular flexibility index (Phi) is 8.11. The highest BCUT2D eigenvalue weighted by atomic mass is 15.4. The highest BCUT2D eigenvalue weighted by Crippen LogP contribution is 2.21. The van der Waals surface area contributed by atoms with Gasteiger partial charge in [0.2, 0.25) is 23.8 Å². The number of rotatable bonds is 10. The van der Waals surface area contributed by atoms with Gasteiger partial charge in [0.25, 0.3) is 0 Å². The van der Waals surface area contributed by atoms with Crippen molar-refractivity contribution >= 4 is 23.8 Å². The fourth-order valence-electron chi connectivity index (χ4n) is 3.12. The third-order valence-electron chi connectivity index (χ3n) is 5.08. The van der Waals surface area contributed by atoms with Crippen LogP contribution < -0.4 is 19.6 Å². The topological polar surface area (TPSA) is 93.5 Å². The third kappa shape index (κ3) is 6.25. The number of aromatic nitrogens is 6. The van der Waals surface area contributed by atoms with E-state index in [9.17, 15) is 0 Å². The molecule has 0 radical (unpaired) electrons. The number of nitrogens with zero attached hydrogens (tertiary/aromatic N) is 11. The third-order valence-corrected chi connectivity index (χ3v) is 5.08. The minimum Gasteiger partial charge on any atom is -0.347 e. The van der Waals surface area contributed by atoms with Crippen LogP contribution in [0, 0.1) is 0 Å². The van der Waals surface area contributed by atoms with E-state index in [1.807, 2.05) is 104 Å². The Hall–Kier alpha value is -3.60. The fraction of sp³-hybridized carbons (Fsp3) is 0.478. The molecule has 0 N–H and O–H groups in total. The molecule has 2 heterocycles. The molecule has 0 unspecified atom stereocenters. The minimum absolute atomic E-state index is 0.478. The summed E-state index contributed by atoms with van der Waals surface area (Å²) in [5.74, 6) is 3.77. The van der Waals surface area contributed by atoms with Gasteiger partial charge in [0.1, 0.15) is 5.82 Å². The van der Waals surface area contributed by atoms with Gasteiger partial charge in [-0.05, 0) is 21.0 Å². The molecule has 11 nitrogen and oxygen atoms in total. The molecular formula is C23H35N11. The predicted molar refractivity (Wildman–Crippen MR) is 137 cm³/mol. The van der Waals surface area contributed by atoms with Crippen LogP contribution in [0.25, 0.3) is 11.4 Å². The Labute approximate surface area is 202 Å². The Bertz CT molecular complexity index is 1070. The largest absolute Gasteiger partial charge is 0.347 e. The lowest BCUT2D eigenvalue weighted by molar-refractivity contribution is 0.389. The Morgan fingerprint density at radius 3 is 1.71 bits per heavy atom. The normalized spacial score (nSPS) is 11.0. The van der Waals surface area contributed by atoms with Gasteiger partial charge in [-0.25, -0.2) is 0 Å². The van der Waals surface area contributed by atoms with Crippen LogP contribution in [0.15, 0.2) is 30.3 Å². The molecule has 0 fully saturated rings. The molecule has 34 heavy (non-hydrogen) atoms. The van der Waals surface area contributed by atoms with Crippen LogP contribution in [0.4, 0.5) is 23.8 Å². The number of hydrogen-bond donors (Lipinski definition) is 0. The van der Waals surface area contributed by atoms with Gasteiger partial charge in [0.05, 0.1) is 13.2 Å². The highest BCUT2D eigenvalue weighted by molar-refractivity contribution is 5.58. The van der Waals surface area contributed by atoms with Crippen molar-refractivity contribution in [3.05, 3.63) is 36.2 Å². The van der Waals surface area contributed by atoms with E-state index in [-0.39, 0.29) is 0 Å². The lowest BCUT2D eigenvalue weighted by Gasteiger charge is -2.26. The molecule has 2 aromatic heterocycles. The standard InChI is InChI=1S/C23H35N11/c1-9-32(6)22-26-19(17-13-11-10-12-14-17)27-23(29-22)34(8)16-33(7)21-25-18(15-30(2)3)24-20(28-21)31(4)5/h10-14H,9,15-16H2,1-8H3. The molecule has 0 bridgehead atoms. The van der Waals surface area contributed by atoms with E-state index in [0.29, 0.717) is 48.7 Å². The number of hydrogen-bond acceptors (Lipinski definition) is 11. The first-order valence-corrected chi connectivity index (χ1v) is 11.2. The summed E-state index contributed by atoms with van der Waals surface area (Å²) in [6.07, 6.45) is 0. The van der Waals surface area contributed by atoms with Crippen LogP contribution >= 0.6 is 0 Å². The molecule has 0 spiro atoms. The van der Waals surface area contributed by atoms with Gasteiger partial charge >= 0.3 is 0 Å². The van der Waals surface area contributed by atoms with Crippen molar-refractivity contribution in [1.29, 1.82) is 0 Å². The average Bonchev–Trinajstić information content (AvgIpc) is 2.83. The Morgan fingerprint density at radius 2 is 1.15 bits per heavy atom. The molecule has 11 heteroatoms. The molecule has 1 aromatic carbocycles. The van der Waals surface area contributed by atoms with Gasteiger partial charge in [-0.15, -0.1) is 0 Å². The zero-order valence-electron chi connectivity index (χ0n) is 21.4. The van der Waals surface area contributed by atoms with E-state index in [1.165, 1.54) is 0 Å². The van der Waals surface area contributed by atoms with Crippen molar-refractivity contribution in [3.8, 4) is 11.4 Å². The summed E-state index contributed by atoms with van der Waals surface area (Å²) in [6.45, 7) is 3.96. The van der Waals surface area contributed by atoms with E-state index in [1.54, 1.807) is 0 Å². The predicted octanol–water partition coefficient (Wildman–Crippen LogP) is 1.84. The molecule has 0 aliphatic rings. The molecule has 0 atom stereocenters. The van der Waals surface area contributed by atoms with Crippen LogP contribution in [0.3, 0.4) is 0 Å². The van der Waals surface area contributed by atoms with Gasteiger partial charge in [-0.1, -0.05) is 30.3 Å². The van der Waals surface area contributed by atoms with E-state index in [0.717, 1.165) is 12.1 Å². The second kappa shape index (κ2) is 11.0. The smallest absolute Gasteiger partial charge is 0.231 e. The fourth-order valence-corrected chi connectivity index (χ4v) is 3.12. The van der Waals surface area contributed by atoms with E-state index < -0.39 is 0 Å². The van der Waals surface area contributed by atoms with Crippen molar-refractivity contribution in [1.82, 2.24) is 34.8 Å². The van der Waals surface area contributed by atoms with Gasteiger partial charge in [0, 0.05) is 47.3 Å². The zero-order valence-corrected chi connectivity index (χ0v) is 21.4. The summed E-state index contributed by atoms with van der Waals surface area (Å²) in [5.41, 5.74) is 0.945. The number of anilines is 4. The average molecular weight is 466 g/mol. The molecule has 0 amide bonds. The van der Waals surface area contributed by atoms with E-state index >= 15 is 0 Å². The van der Waals surface area contributed by atoms with Crippen LogP contribution in [-0.2, 0) is 6.54 Å². The van der Waals surface area contributed by atoms with Crippen LogP contribution in [0.5, 0.6) is 0 Å². The summed E-state index contributed by atoms with van der Waals surface area (Å²) < 4.78 is 0. The molecule has 0 aliphatic heterocycles. The lowest BCUT2D eigenvalue weighted by atomic mass is 10.2. The van der Waals surface area contributed by atoms with E-state index in [4.69, 9.17) is 9.97 Å². The maximum atomic E-state index is 4.75. The van der Waals surface area contributed by atoms with Crippen molar-refractivity contribution in [2.45, 2.75) is 13.5 Å². The lowest BCUT2D eigenvalue weighted by Crippen LogP contribution is -2.36. The second-order valence-corrected chi connectivity index (χ2v) is 8.66.